The van der Waals surface area contributed by atoms with Crippen LogP contribution in [-0.4, -0.2) is 17.9 Å². The zero-order valence-corrected chi connectivity index (χ0v) is 6.01. The zero-order valence-electron chi connectivity index (χ0n) is 6.01. The standard InChI is InChI=1S/C7H11NO/c1-4-6-5(2)7(9)8(6)3/h4-5H,1-3H3/b6-4-. The fourth-order valence-electron chi connectivity index (χ4n) is 1.21. The van der Waals surface area contributed by atoms with Crippen LogP contribution < -0.4 is 0 Å². The molecule has 2 nitrogen and oxygen atoms in total. The van der Waals surface area contributed by atoms with E-state index in [4.69, 9.17) is 0 Å². The van der Waals surface area contributed by atoms with E-state index in [1.165, 1.54) is 0 Å². The van der Waals surface area contributed by atoms with Crippen molar-refractivity contribution < 1.29 is 4.79 Å². The van der Waals surface area contributed by atoms with Gasteiger partial charge in [0.05, 0.1) is 5.92 Å². The topological polar surface area (TPSA) is 20.3 Å². The minimum absolute atomic E-state index is 0.139. The summed E-state index contributed by atoms with van der Waals surface area (Å²) in [6.45, 7) is 3.88. The fraction of sp³-hybridized carbons (Fsp3) is 0.571. The van der Waals surface area contributed by atoms with E-state index in [1.54, 1.807) is 11.9 Å². The fourth-order valence-corrected chi connectivity index (χ4v) is 1.21. The van der Waals surface area contributed by atoms with Crippen LogP contribution >= 0.6 is 0 Å². The minimum atomic E-state index is 0.139. The maximum absolute atomic E-state index is 10.8. The van der Waals surface area contributed by atoms with Crippen molar-refractivity contribution in [3.63, 3.8) is 0 Å². The maximum Gasteiger partial charge on any atom is 0.235 e. The molecule has 0 saturated carbocycles. The van der Waals surface area contributed by atoms with Crippen LogP contribution in [0.2, 0.25) is 0 Å². The van der Waals surface area contributed by atoms with Gasteiger partial charge in [0.2, 0.25) is 5.91 Å². The lowest BCUT2D eigenvalue weighted by molar-refractivity contribution is -0.138. The lowest BCUT2D eigenvalue weighted by Crippen LogP contribution is -2.45. The highest BCUT2D eigenvalue weighted by molar-refractivity contribution is 5.90. The molecule has 1 atom stereocenters. The molecule has 0 N–H and O–H groups in total. The Hall–Kier alpha value is -0.790. The monoisotopic (exact) mass is 125 g/mol. The van der Waals surface area contributed by atoms with Crippen molar-refractivity contribution in [3.05, 3.63) is 11.8 Å². The number of hydrogen-bond donors (Lipinski definition) is 0. The number of carbonyl (C=O) groups excluding carboxylic acids is 1. The van der Waals surface area contributed by atoms with E-state index >= 15 is 0 Å². The summed E-state index contributed by atoms with van der Waals surface area (Å²) in [4.78, 5) is 12.5. The molecule has 0 bridgehead atoms. The van der Waals surface area contributed by atoms with Crippen molar-refractivity contribution in [2.24, 2.45) is 5.92 Å². The average Bonchev–Trinajstić information content (AvgIpc) is 1.89. The van der Waals surface area contributed by atoms with E-state index in [2.05, 4.69) is 0 Å². The highest BCUT2D eigenvalue weighted by Crippen LogP contribution is 2.27. The molecule has 1 rings (SSSR count). The molecule has 1 heterocycles. The summed E-state index contributed by atoms with van der Waals surface area (Å²) in [5.41, 5.74) is 1.14. The number of rotatable bonds is 0. The van der Waals surface area contributed by atoms with Gasteiger partial charge in [0.15, 0.2) is 0 Å². The highest BCUT2D eigenvalue weighted by atomic mass is 16.2. The third kappa shape index (κ3) is 0.661. The molecule has 0 spiro atoms. The van der Waals surface area contributed by atoms with Crippen molar-refractivity contribution >= 4 is 5.91 Å². The Morgan fingerprint density at radius 3 is 2.44 bits per heavy atom. The van der Waals surface area contributed by atoms with Crippen molar-refractivity contribution in [1.82, 2.24) is 4.90 Å². The molecule has 1 aliphatic rings. The Balaban J connectivity index is 2.73. The van der Waals surface area contributed by atoms with Crippen LogP contribution in [0.5, 0.6) is 0 Å². The van der Waals surface area contributed by atoms with Crippen LogP contribution in [0.4, 0.5) is 0 Å². The Morgan fingerprint density at radius 1 is 1.67 bits per heavy atom. The molecule has 0 aromatic carbocycles. The van der Waals surface area contributed by atoms with Gasteiger partial charge < -0.3 is 4.90 Å². The van der Waals surface area contributed by atoms with Crippen LogP contribution in [0.25, 0.3) is 0 Å². The lowest BCUT2D eigenvalue weighted by Gasteiger charge is -2.36. The Kier molecular flexibility index (Phi) is 1.31. The second-order valence-corrected chi connectivity index (χ2v) is 2.33. The molecule has 0 aromatic heterocycles. The lowest BCUT2D eigenvalue weighted by atomic mass is 9.96. The molecule has 1 amide bonds. The predicted molar refractivity (Wildman–Crippen MR) is 35.7 cm³/mol. The second kappa shape index (κ2) is 1.87. The van der Waals surface area contributed by atoms with Gasteiger partial charge in [0.25, 0.3) is 0 Å². The Bertz CT molecular complexity index is 158. The van der Waals surface area contributed by atoms with Gasteiger partial charge in [0, 0.05) is 12.7 Å². The van der Waals surface area contributed by atoms with Crippen molar-refractivity contribution in [3.8, 4) is 0 Å². The third-order valence-electron chi connectivity index (χ3n) is 1.83. The van der Waals surface area contributed by atoms with Gasteiger partial charge >= 0.3 is 0 Å². The third-order valence-corrected chi connectivity index (χ3v) is 1.83. The van der Waals surface area contributed by atoms with E-state index in [-0.39, 0.29) is 11.8 Å². The summed E-state index contributed by atoms with van der Waals surface area (Å²) in [5.74, 6) is 0.364. The van der Waals surface area contributed by atoms with E-state index in [0.29, 0.717) is 0 Å². The van der Waals surface area contributed by atoms with Gasteiger partial charge in [-0.15, -0.1) is 0 Å². The summed E-state index contributed by atoms with van der Waals surface area (Å²) < 4.78 is 0. The summed E-state index contributed by atoms with van der Waals surface area (Å²) in [6.07, 6.45) is 1.98. The average molecular weight is 125 g/mol. The van der Waals surface area contributed by atoms with E-state index in [9.17, 15) is 4.79 Å². The first-order valence-electron chi connectivity index (χ1n) is 3.12. The molecular weight excluding hydrogens is 114 g/mol. The van der Waals surface area contributed by atoms with E-state index < -0.39 is 0 Å². The molecule has 0 aliphatic carbocycles. The van der Waals surface area contributed by atoms with Gasteiger partial charge in [-0.3, -0.25) is 4.79 Å². The Morgan fingerprint density at radius 2 is 2.22 bits per heavy atom. The SMILES string of the molecule is C/C=C1/C(C)C(=O)N1C. The van der Waals surface area contributed by atoms with Gasteiger partial charge in [-0.25, -0.2) is 0 Å². The molecular formula is C7H11NO. The van der Waals surface area contributed by atoms with Crippen molar-refractivity contribution in [2.75, 3.05) is 7.05 Å². The normalized spacial score (nSPS) is 31.0. The molecule has 1 unspecified atom stereocenters. The van der Waals surface area contributed by atoms with Crippen LogP contribution in [0.3, 0.4) is 0 Å². The minimum Gasteiger partial charge on any atom is -0.318 e. The van der Waals surface area contributed by atoms with Crippen LogP contribution in [-0.2, 0) is 4.79 Å². The number of amides is 1. The molecule has 0 aromatic rings. The van der Waals surface area contributed by atoms with Gasteiger partial charge in [-0.05, 0) is 13.8 Å². The predicted octanol–water partition coefficient (Wildman–Crippen LogP) is 0.998. The van der Waals surface area contributed by atoms with Gasteiger partial charge in [-0.2, -0.15) is 0 Å². The highest BCUT2D eigenvalue weighted by Gasteiger charge is 2.34. The van der Waals surface area contributed by atoms with Crippen LogP contribution in [0, 0.1) is 5.92 Å². The van der Waals surface area contributed by atoms with Crippen molar-refractivity contribution in [1.29, 1.82) is 0 Å². The number of hydrogen-bond acceptors (Lipinski definition) is 1. The first kappa shape index (κ1) is 6.33. The van der Waals surface area contributed by atoms with E-state index in [1.807, 2.05) is 19.9 Å². The largest absolute Gasteiger partial charge is 0.318 e. The zero-order chi connectivity index (χ0) is 7.02. The molecule has 50 valence electrons. The molecule has 1 fully saturated rings. The number of nitrogens with zero attached hydrogens (tertiary/aromatic N) is 1. The number of β-lactam (4-membered cyclic amide) rings is 1. The second-order valence-electron chi connectivity index (χ2n) is 2.33. The first-order valence-corrected chi connectivity index (χ1v) is 3.12. The number of carbonyl (C=O) groups is 1. The molecule has 1 saturated heterocycles. The first-order chi connectivity index (χ1) is 4.18. The molecule has 0 radical (unpaired) electrons. The van der Waals surface area contributed by atoms with E-state index in [0.717, 1.165) is 5.70 Å². The van der Waals surface area contributed by atoms with Gasteiger partial charge in [-0.1, -0.05) is 6.08 Å². The summed E-state index contributed by atoms with van der Waals surface area (Å²) in [7, 11) is 1.80. The smallest absolute Gasteiger partial charge is 0.235 e. The Labute approximate surface area is 55.2 Å². The molecule has 1 aliphatic heterocycles. The molecule has 9 heavy (non-hydrogen) atoms. The number of allylic oxidation sites excluding steroid dienone is 1. The van der Waals surface area contributed by atoms with Gasteiger partial charge in [0.1, 0.15) is 0 Å². The summed E-state index contributed by atoms with van der Waals surface area (Å²) in [5, 5.41) is 0. The summed E-state index contributed by atoms with van der Waals surface area (Å²) in [6, 6.07) is 0. The van der Waals surface area contributed by atoms with Crippen LogP contribution in [0.15, 0.2) is 11.8 Å². The number of likely N-dealkylation sites (tertiary alicyclic amines) is 1. The molecule has 2 heteroatoms. The maximum atomic E-state index is 10.8. The quantitative estimate of drug-likeness (QED) is 0.442. The summed E-state index contributed by atoms with van der Waals surface area (Å²) >= 11 is 0. The van der Waals surface area contributed by atoms with Crippen molar-refractivity contribution in [2.45, 2.75) is 13.8 Å². The van der Waals surface area contributed by atoms with Crippen LogP contribution in [0.1, 0.15) is 13.8 Å².